The lowest BCUT2D eigenvalue weighted by molar-refractivity contribution is -0.177. The summed E-state index contributed by atoms with van der Waals surface area (Å²) in [6.45, 7) is 0.886. The van der Waals surface area contributed by atoms with Crippen molar-refractivity contribution in [1.29, 1.82) is 5.26 Å². The lowest BCUT2D eigenvalue weighted by Gasteiger charge is -2.45. The van der Waals surface area contributed by atoms with Crippen molar-refractivity contribution >= 4 is 15.9 Å². The molecule has 0 aliphatic carbocycles. The molecular formula is C20H23N5O4S. The molecule has 2 aliphatic rings. The first kappa shape index (κ1) is 20.5. The third-order valence-corrected chi connectivity index (χ3v) is 7.63. The van der Waals surface area contributed by atoms with Crippen LogP contribution in [0.4, 0.5) is 0 Å². The number of likely N-dealkylation sites (N-methyl/N-ethyl adjacent to an activating group) is 1. The second-order valence-electron chi connectivity index (χ2n) is 7.78. The Bertz CT molecular complexity index is 1090. The van der Waals surface area contributed by atoms with E-state index in [9.17, 15) is 13.2 Å². The summed E-state index contributed by atoms with van der Waals surface area (Å²) in [5.41, 5.74) is -0.389. The third kappa shape index (κ3) is 3.39. The Morgan fingerprint density at radius 3 is 2.53 bits per heavy atom. The summed E-state index contributed by atoms with van der Waals surface area (Å²) < 4.78 is 35.7. The van der Waals surface area contributed by atoms with E-state index in [4.69, 9.17) is 10.00 Å². The van der Waals surface area contributed by atoms with Crippen molar-refractivity contribution in [2.24, 2.45) is 0 Å². The van der Waals surface area contributed by atoms with Gasteiger partial charge in [-0.1, -0.05) is 0 Å². The molecule has 0 bridgehead atoms. The maximum Gasteiger partial charge on any atom is 0.253 e. The van der Waals surface area contributed by atoms with Crippen LogP contribution in [0.3, 0.4) is 0 Å². The number of carbonyl (C=O) groups is 1. The number of piperidine rings is 1. The van der Waals surface area contributed by atoms with E-state index in [0.717, 1.165) is 5.82 Å². The SMILES string of the molecule is CN(C)C(=O)C1Cn2ccnc2C2(CCN(S(=O)(=O)c3ccc(C#N)cc3)CC2)O1. The normalized spacial score (nSPS) is 21.0. The second kappa shape index (κ2) is 7.50. The molecule has 2 aliphatic heterocycles. The number of nitriles is 1. The quantitative estimate of drug-likeness (QED) is 0.718. The Hall–Kier alpha value is -2.74. The van der Waals surface area contributed by atoms with Gasteiger partial charge in [-0.15, -0.1) is 0 Å². The molecule has 1 aromatic heterocycles. The van der Waals surface area contributed by atoms with Gasteiger partial charge in [0.2, 0.25) is 10.0 Å². The minimum atomic E-state index is -3.68. The predicted molar refractivity (Wildman–Crippen MR) is 107 cm³/mol. The van der Waals surface area contributed by atoms with Gasteiger partial charge >= 0.3 is 0 Å². The van der Waals surface area contributed by atoms with Crippen LogP contribution in [0.5, 0.6) is 0 Å². The van der Waals surface area contributed by atoms with Crippen LogP contribution in [-0.4, -0.2) is 66.4 Å². The molecular weight excluding hydrogens is 406 g/mol. The molecule has 9 nitrogen and oxygen atoms in total. The first-order chi connectivity index (χ1) is 14.3. The number of benzene rings is 1. The molecule has 4 rings (SSSR count). The van der Waals surface area contributed by atoms with Crippen molar-refractivity contribution in [2.45, 2.75) is 36.0 Å². The van der Waals surface area contributed by atoms with E-state index < -0.39 is 21.7 Å². The van der Waals surface area contributed by atoms with Crippen LogP contribution < -0.4 is 0 Å². The molecule has 1 aromatic carbocycles. The number of nitrogens with zero attached hydrogens (tertiary/aromatic N) is 5. The largest absolute Gasteiger partial charge is 0.352 e. The van der Waals surface area contributed by atoms with E-state index in [1.807, 2.05) is 16.8 Å². The Labute approximate surface area is 175 Å². The third-order valence-electron chi connectivity index (χ3n) is 5.72. The standard InChI is InChI=1S/C20H23N5O4S/c1-23(2)18(26)17-14-24-12-9-22-19(24)20(29-17)7-10-25(11-8-20)30(27,28)16-5-3-15(13-21)4-6-16/h3-6,9,12,17H,7-8,10-11,14H2,1-2H3. The number of carbonyl (C=O) groups excluding carboxylic acids is 1. The minimum Gasteiger partial charge on any atom is -0.352 e. The lowest BCUT2D eigenvalue weighted by atomic mass is 9.89. The summed E-state index contributed by atoms with van der Waals surface area (Å²) in [6, 6.07) is 7.88. The smallest absolute Gasteiger partial charge is 0.253 e. The number of amides is 1. The van der Waals surface area contributed by atoms with Crippen molar-refractivity contribution < 1.29 is 17.9 Å². The van der Waals surface area contributed by atoms with Crippen molar-refractivity contribution in [1.82, 2.24) is 18.8 Å². The van der Waals surface area contributed by atoms with E-state index in [-0.39, 0.29) is 23.9 Å². The molecule has 0 N–H and O–H groups in total. The fraction of sp³-hybridized carbons (Fsp3) is 0.450. The van der Waals surface area contributed by atoms with Crippen molar-refractivity contribution in [3.8, 4) is 6.07 Å². The van der Waals surface area contributed by atoms with Crippen molar-refractivity contribution in [3.63, 3.8) is 0 Å². The molecule has 1 spiro atoms. The average Bonchev–Trinajstić information content (AvgIpc) is 3.23. The van der Waals surface area contributed by atoms with E-state index in [2.05, 4.69) is 4.98 Å². The number of hydrogen-bond acceptors (Lipinski definition) is 6. The summed E-state index contributed by atoms with van der Waals surface area (Å²) in [4.78, 5) is 18.7. The number of aromatic nitrogens is 2. The van der Waals surface area contributed by atoms with Crippen molar-refractivity contribution in [3.05, 3.63) is 48.0 Å². The molecule has 158 valence electrons. The summed E-state index contributed by atoms with van der Waals surface area (Å²) in [6.07, 6.45) is 3.68. The van der Waals surface area contributed by atoms with Crippen molar-refractivity contribution in [2.75, 3.05) is 27.2 Å². The maximum atomic E-state index is 13.0. The lowest BCUT2D eigenvalue weighted by Crippen LogP contribution is -2.54. The first-order valence-corrected chi connectivity index (χ1v) is 11.1. The van der Waals surface area contributed by atoms with E-state index in [1.165, 1.54) is 33.5 Å². The van der Waals surface area contributed by atoms with Gasteiger partial charge in [-0.25, -0.2) is 13.4 Å². The number of fused-ring (bicyclic) bond motifs is 2. The molecule has 1 unspecified atom stereocenters. The monoisotopic (exact) mass is 429 g/mol. The molecule has 1 atom stereocenters. The highest BCUT2D eigenvalue weighted by molar-refractivity contribution is 7.89. The zero-order valence-corrected chi connectivity index (χ0v) is 17.7. The van der Waals surface area contributed by atoms with Crippen LogP contribution in [0, 0.1) is 11.3 Å². The summed E-state index contributed by atoms with van der Waals surface area (Å²) in [5.74, 6) is 0.613. The van der Waals surface area contributed by atoms with Gasteiger partial charge in [0.25, 0.3) is 5.91 Å². The molecule has 1 fully saturated rings. The van der Waals surface area contributed by atoms with Gasteiger partial charge in [0.1, 0.15) is 11.4 Å². The maximum absolute atomic E-state index is 13.0. The molecule has 10 heteroatoms. The van der Waals surface area contributed by atoms with Gasteiger partial charge in [0.15, 0.2) is 6.10 Å². The van der Waals surface area contributed by atoms with Crippen LogP contribution in [-0.2, 0) is 31.7 Å². The number of rotatable bonds is 3. The van der Waals surface area contributed by atoms with E-state index in [1.54, 1.807) is 20.3 Å². The number of imidazole rings is 1. The second-order valence-corrected chi connectivity index (χ2v) is 9.71. The van der Waals surface area contributed by atoms with Gasteiger partial charge in [-0.2, -0.15) is 9.57 Å². The van der Waals surface area contributed by atoms with Crippen LogP contribution in [0.25, 0.3) is 0 Å². The number of hydrogen-bond donors (Lipinski definition) is 0. The molecule has 1 amide bonds. The topological polar surface area (TPSA) is 109 Å². The van der Waals surface area contributed by atoms with E-state index >= 15 is 0 Å². The highest BCUT2D eigenvalue weighted by Crippen LogP contribution is 2.41. The summed E-state index contributed by atoms with van der Waals surface area (Å²) >= 11 is 0. The van der Waals surface area contributed by atoms with Crippen LogP contribution in [0.1, 0.15) is 24.2 Å². The predicted octanol–water partition coefficient (Wildman–Crippen LogP) is 0.922. The summed E-state index contributed by atoms with van der Waals surface area (Å²) in [5, 5.41) is 8.92. The molecule has 2 aromatic rings. The molecule has 3 heterocycles. The molecule has 1 saturated heterocycles. The highest BCUT2D eigenvalue weighted by Gasteiger charge is 2.48. The highest BCUT2D eigenvalue weighted by atomic mass is 32.2. The first-order valence-electron chi connectivity index (χ1n) is 9.68. The Kier molecular flexibility index (Phi) is 5.13. The minimum absolute atomic E-state index is 0.124. The fourth-order valence-corrected chi connectivity index (χ4v) is 5.53. The fourth-order valence-electron chi connectivity index (χ4n) is 4.09. The zero-order chi connectivity index (χ0) is 21.5. The van der Waals surface area contributed by atoms with Gasteiger partial charge < -0.3 is 14.2 Å². The average molecular weight is 430 g/mol. The molecule has 30 heavy (non-hydrogen) atoms. The zero-order valence-electron chi connectivity index (χ0n) is 16.9. The number of ether oxygens (including phenoxy) is 1. The van der Waals surface area contributed by atoms with Crippen LogP contribution >= 0.6 is 0 Å². The molecule has 0 saturated carbocycles. The van der Waals surface area contributed by atoms with Crippen LogP contribution in [0.2, 0.25) is 0 Å². The van der Waals surface area contributed by atoms with E-state index in [0.29, 0.717) is 24.9 Å². The Morgan fingerprint density at radius 2 is 1.93 bits per heavy atom. The summed E-state index contributed by atoms with van der Waals surface area (Å²) in [7, 11) is -0.306. The van der Waals surface area contributed by atoms with Crippen LogP contribution in [0.15, 0.2) is 41.6 Å². The van der Waals surface area contributed by atoms with Gasteiger partial charge in [0.05, 0.1) is 23.1 Å². The Balaban J connectivity index is 1.57. The number of sulfonamides is 1. The van der Waals surface area contributed by atoms with Gasteiger partial charge in [0, 0.05) is 39.6 Å². The van der Waals surface area contributed by atoms with Gasteiger partial charge in [-0.3, -0.25) is 4.79 Å². The van der Waals surface area contributed by atoms with Gasteiger partial charge in [-0.05, 0) is 37.1 Å². The Morgan fingerprint density at radius 1 is 1.27 bits per heavy atom. The molecule has 0 radical (unpaired) electrons.